The molecule has 0 saturated carbocycles. The standard InChI is InChI=1S/C18H21FN2O4S/c1-12(2)25-17-7-5-4-6-16(17)21-18(22)11-20-26(23,24)14-8-9-15(19)13(3)10-14/h4-10,12,20H,11H2,1-3H3,(H,21,22). The fraction of sp³-hybridized carbons (Fsp3) is 0.278. The van der Waals surface area contributed by atoms with E-state index in [4.69, 9.17) is 4.74 Å². The Balaban J connectivity index is 2.03. The molecule has 0 heterocycles. The SMILES string of the molecule is Cc1cc(S(=O)(=O)NCC(=O)Nc2ccccc2OC(C)C)ccc1F. The summed E-state index contributed by atoms with van der Waals surface area (Å²) >= 11 is 0. The molecular formula is C18H21FN2O4S. The first-order valence-corrected chi connectivity index (χ1v) is 9.48. The fourth-order valence-electron chi connectivity index (χ4n) is 2.15. The lowest BCUT2D eigenvalue weighted by molar-refractivity contribution is -0.115. The highest BCUT2D eigenvalue weighted by molar-refractivity contribution is 7.89. The van der Waals surface area contributed by atoms with E-state index in [1.807, 2.05) is 13.8 Å². The second-order valence-electron chi connectivity index (χ2n) is 5.95. The molecule has 2 N–H and O–H groups in total. The number of hydrogen-bond donors (Lipinski definition) is 2. The molecule has 2 aromatic carbocycles. The monoisotopic (exact) mass is 380 g/mol. The van der Waals surface area contributed by atoms with Gasteiger partial charge in [0.25, 0.3) is 0 Å². The van der Waals surface area contributed by atoms with Gasteiger partial charge in [-0.2, -0.15) is 0 Å². The molecule has 0 aliphatic rings. The summed E-state index contributed by atoms with van der Waals surface area (Å²) in [5.74, 6) is -0.552. The van der Waals surface area contributed by atoms with E-state index in [2.05, 4.69) is 10.0 Å². The number of amides is 1. The van der Waals surface area contributed by atoms with Gasteiger partial charge in [-0.05, 0) is 56.7 Å². The van der Waals surface area contributed by atoms with E-state index in [0.29, 0.717) is 11.4 Å². The Morgan fingerprint density at radius 2 is 1.88 bits per heavy atom. The van der Waals surface area contributed by atoms with Gasteiger partial charge < -0.3 is 10.1 Å². The topological polar surface area (TPSA) is 84.5 Å². The third-order valence-electron chi connectivity index (χ3n) is 3.39. The van der Waals surface area contributed by atoms with Crippen LogP contribution < -0.4 is 14.8 Å². The van der Waals surface area contributed by atoms with Gasteiger partial charge in [0.05, 0.1) is 23.2 Å². The molecule has 0 unspecified atom stereocenters. The number of anilines is 1. The molecule has 8 heteroatoms. The van der Waals surface area contributed by atoms with Crippen LogP contribution >= 0.6 is 0 Å². The van der Waals surface area contributed by atoms with Crippen LogP contribution in [0.1, 0.15) is 19.4 Å². The maximum atomic E-state index is 13.3. The van der Waals surface area contributed by atoms with Crippen LogP contribution in [0, 0.1) is 12.7 Å². The Hall–Kier alpha value is -2.45. The maximum absolute atomic E-state index is 13.3. The van der Waals surface area contributed by atoms with Gasteiger partial charge in [-0.25, -0.2) is 17.5 Å². The molecule has 0 aromatic heterocycles. The number of rotatable bonds is 7. The molecular weight excluding hydrogens is 359 g/mol. The molecule has 0 spiro atoms. The minimum atomic E-state index is -3.92. The average Bonchev–Trinajstić information content (AvgIpc) is 2.57. The van der Waals surface area contributed by atoms with Gasteiger partial charge in [-0.3, -0.25) is 4.79 Å². The molecule has 0 aliphatic carbocycles. The Bertz CT molecular complexity index is 898. The van der Waals surface area contributed by atoms with Gasteiger partial charge in [0.1, 0.15) is 11.6 Å². The summed E-state index contributed by atoms with van der Waals surface area (Å²) in [5.41, 5.74) is 0.653. The molecule has 140 valence electrons. The lowest BCUT2D eigenvalue weighted by Gasteiger charge is -2.15. The highest BCUT2D eigenvalue weighted by Crippen LogP contribution is 2.24. The van der Waals surface area contributed by atoms with Crippen molar-refractivity contribution in [1.82, 2.24) is 4.72 Å². The summed E-state index contributed by atoms with van der Waals surface area (Å²) in [6, 6.07) is 10.3. The van der Waals surface area contributed by atoms with Gasteiger partial charge in [0.15, 0.2) is 0 Å². The number of halogens is 1. The predicted octanol–water partition coefficient (Wildman–Crippen LogP) is 2.84. The number of hydrogen-bond acceptors (Lipinski definition) is 4. The maximum Gasteiger partial charge on any atom is 0.241 e. The van der Waals surface area contributed by atoms with Crippen molar-refractivity contribution in [1.29, 1.82) is 0 Å². The van der Waals surface area contributed by atoms with Crippen molar-refractivity contribution < 1.29 is 22.3 Å². The Kier molecular flexibility index (Phi) is 6.33. The van der Waals surface area contributed by atoms with E-state index in [0.717, 1.165) is 12.1 Å². The molecule has 2 rings (SSSR count). The van der Waals surface area contributed by atoms with Crippen molar-refractivity contribution in [3.63, 3.8) is 0 Å². The van der Waals surface area contributed by atoms with Crippen molar-refractivity contribution in [3.8, 4) is 5.75 Å². The summed E-state index contributed by atoms with van der Waals surface area (Å²) in [6.07, 6.45) is -0.0757. The number of sulfonamides is 1. The molecule has 0 aliphatic heterocycles. The lowest BCUT2D eigenvalue weighted by Crippen LogP contribution is -2.33. The largest absolute Gasteiger partial charge is 0.489 e. The normalized spacial score (nSPS) is 11.4. The van der Waals surface area contributed by atoms with Crippen molar-refractivity contribution in [2.24, 2.45) is 0 Å². The van der Waals surface area contributed by atoms with Gasteiger partial charge in [-0.1, -0.05) is 12.1 Å². The quantitative estimate of drug-likeness (QED) is 0.774. The van der Waals surface area contributed by atoms with Gasteiger partial charge in [0.2, 0.25) is 15.9 Å². The molecule has 0 saturated heterocycles. The number of benzene rings is 2. The number of para-hydroxylation sites is 2. The molecule has 0 atom stereocenters. The summed E-state index contributed by atoms with van der Waals surface area (Å²) in [5, 5.41) is 2.61. The molecule has 0 radical (unpaired) electrons. The van der Waals surface area contributed by atoms with Crippen LogP contribution in [0.2, 0.25) is 0 Å². The molecule has 26 heavy (non-hydrogen) atoms. The lowest BCUT2D eigenvalue weighted by atomic mass is 10.2. The number of ether oxygens (including phenoxy) is 1. The Labute approximate surface area is 152 Å². The number of carbonyl (C=O) groups is 1. The smallest absolute Gasteiger partial charge is 0.241 e. The van der Waals surface area contributed by atoms with Crippen LogP contribution in [0.3, 0.4) is 0 Å². The predicted molar refractivity (Wildman–Crippen MR) is 97.2 cm³/mol. The first-order valence-electron chi connectivity index (χ1n) is 8.00. The second kappa shape index (κ2) is 8.29. The molecule has 2 aromatic rings. The first kappa shape index (κ1) is 19.9. The Morgan fingerprint density at radius 1 is 1.19 bits per heavy atom. The molecule has 0 fully saturated rings. The minimum absolute atomic E-state index is 0.0757. The summed E-state index contributed by atoms with van der Waals surface area (Å²) in [4.78, 5) is 12.0. The minimum Gasteiger partial charge on any atom is -0.489 e. The van der Waals surface area contributed by atoms with Crippen LogP contribution in [0.5, 0.6) is 5.75 Å². The first-order chi connectivity index (χ1) is 12.2. The second-order valence-corrected chi connectivity index (χ2v) is 7.71. The van der Waals surface area contributed by atoms with Crippen LogP contribution in [0.15, 0.2) is 47.4 Å². The van der Waals surface area contributed by atoms with Crippen LogP contribution in [-0.4, -0.2) is 27.0 Å². The summed E-state index contributed by atoms with van der Waals surface area (Å²) in [6.45, 7) is 4.72. The van der Waals surface area contributed by atoms with Crippen molar-refractivity contribution in [2.45, 2.75) is 31.8 Å². The number of carbonyl (C=O) groups excluding carboxylic acids is 1. The van der Waals surface area contributed by atoms with Gasteiger partial charge in [-0.15, -0.1) is 0 Å². The van der Waals surface area contributed by atoms with Crippen LogP contribution in [0.25, 0.3) is 0 Å². The Morgan fingerprint density at radius 3 is 2.54 bits per heavy atom. The summed E-state index contributed by atoms with van der Waals surface area (Å²) < 4.78 is 45.5. The highest BCUT2D eigenvalue weighted by atomic mass is 32.2. The van der Waals surface area contributed by atoms with Crippen LogP contribution in [-0.2, 0) is 14.8 Å². The van der Waals surface area contributed by atoms with Gasteiger partial charge in [0, 0.05) is 0 Å². The summed E-state index contributed by atoms with van der Waals surface area (Å²) in [7, 11) is -3.92. The van der Waals surface area contributed by atoms with Crippen LogP contribution in [0.4, 0.5) is 10.1 Å². The zero-order chi connectivity index (χ0) is 19.3. The number of nitrogens with one attached hydrogen (secondary N) is 2. The molecule has 1 amide bonds. The van der Waals surface area contributed by atoms with Crippen molar-refractivity contribution in [3.05, 3.63) is 53.8 Å². The van der Waals surface area contributed by atoms with Crippen molar-refractivity contribution >= 4 is 21.6 Å². The average molecular weight is 380 g/mol. The van der Waals surface area contributed by atoms with Gasteiger partial charge >= 0.3 is 0 Å². The van der Waals surface area contributed by atoms with E-state index in [-0.39, 0.29) is 16.6 Å². The third-order valence-corrected chi connectivity index (χ3v) is 4.79. The van der Waals surface area contributed by atoms with E-state index in [1.165, 1.54) is 13.0 Å². The van der Waals surface area contributed by atoms with E-state index >= 15 is 0 Å². The zero-order valence-corrected chi connectivity index (χ0v) is 15.6. The highest BCUT2D eigenvalue weighted by Gasteiger charge is 2.17. The molecule has 6 nitrogen and oxygen atoms in total. The fourth-order valence-corrected chi connectivity index (χ4v) is 3.22. The van der Waals surface area contributed by atoms with E-state index in [9.17, 15) is 17.6 Å². The van der Waals surface area contributed by atoms with E-state index in [1.54, 1.807) is 24.3 Å². The van der Waals surface area contributed by atoms with E-state index < -0.39 is 28.3 Å². The zero-order valence-electron chi connectivity index (χ0n) is 14.7. The third kappa shape index (κ3) is 5.27. The molecule has 0 bridgehead atoms. The van der Waals surface area contributed by atoms with Crippen molar-refractivity contribution in [2.75, 3.05) is 11.9 Å². The number of aryl methyl sites for hydroxylation is 1.